The van der Waals surface area contributed by atoms with Crippen molar-refractivity contribution < 1.29 is 0 Å². The smallest absolute Gasteiger partial charge is 0.165 e. The lowest BCUT2D eigenvalue weighted by atomic mass is 9.70. The van der Waals surface area contributed by atoms with E-state index in [2.05, 4.69) is 199 Å². The minimum absolute atomic E-state index is 0.478. The normalized spacial score (nSPS) is 13.1. The first-order valence-corrected chi connectivity index (χ1v) is 22.5. The zero-order chi connectivity index (χ0) is 41.9. The van der Waals surface area contributed by atoms with Crippen molar-refractivity contribution in [2.45, 2.75) is 5.41 Å². The van der Waals surface area contributed by atoms with E-state index in [-0.39, 0.29) is 0 Å². The number of thiophene rings is 1. The van der Waals surface area contributed by atoms with Crippen LogP contribution in [0.3, 0.4) is 0 Å². The summed E-state index contributed by atoms with van der Waals surface area (Å²) in [5, 5.41) is 5.84. The van der Waals surface area contributed by atoms with Crippen molar-refractivity contribution in [3.8, 4) is 67.5 Å². The fourth-order valence-corrected chi connectivity index (χ4v) is 11.9. The Hall–Kier alpha value is -8.12. The molecule has 0 bridgehead atoms. The highest BCUT2D eigenvalue weighted by molar-refractivity contribution is 7.26. The lowest BCUT2D eigenvalue weighted by molar-refractivity contribution is 0.794. The molecule has 0 saturated carbocycles. The summed E-state index contributed by atoms with van der Waals surface area (Å²) in [6, 6.07) is 72.6. The second kappa shape index (κ2) is 13.4. The Balaban J connectivity index is 0.987. The molecule has 0 saturated heterocycles. The maximum atomic E-state index is 5.42. The van der Waals surface area contributed by atoms with Crippen molar-refractivity contribution in [1.82, 2.24) is 19.9 Å². The van der Waals surface area contributed by atoms with Crippen LogP contribution in [0.1, 0.15) is 22.3 Å². The second-order valence-electron chi connectivity index (χ2n) is 16.9. The molecular formula is C59H34N4S. The number of nitrogens with zero attached hydrogens (tertiary/aromatic N) is 4. The van der Waals surface area contributed by atoms with Gasteiger partial charge in [-0.2, -0.15) is 0 Å². The molecule has 1 spiro atoms. The molecule has 3 heterocycles. The maximum absolute atomic E-state index is 5.42. The first kappa shape index (κ1) is 35.5. The van der Waals surface area contributed by atoms with Crippen LogP contribution in [0.2, 0.25) is 0 Å². The van der Waals surface area contributed by atoms with Crippen LogP contribution in [0.4, 0.5) is 0 Å². The third-order valence-corrected chi connectivity index (χ3v) is 14.8. The minimum Gasteiger partial charge on any atom is -0.256 e. The lowest BCUT2D eigenvalue weighted by Gasteiger charge is -2.30. The third kappa shape index (κ3) is 5.04. The van der Waals surface area contributed by atoms with Gasteiger partial charge in [-0.05, 0) is 115 Å². The summed E-state index contributed by atoms with van der Waals surface area (Å²) < 4.78 is 2.41. The third-order valence-electron chi connectivity index (χ3n) is 13.6. The van der Waals surface area contributed by atoms with Gasteiger partial charge in [0.15, 0.2) is 17.5 Å². The maximum Gasteiger partial charge on any atom is 0.165 e. The Bertz CT molecular complexity index is 3880. The Morgan fingerprint density at radius 1 is 0.344 bits per heavy atom. The van der Waals surface area contributed by atoms with E-state index < -0.39 is 5.41 Å². The van der Waals surface area contributed by atoms with E-state index in [1.54, 1.807) is 11.3 Å². The SMILES string of the molecule is c1ccc2c(c1)-c1ccccc1C21c2ccccc2-c2ccc(-c3nc(-c4ccc5ccc(-c6ccc7ncccc7c6)cc5c4)nc(-c4cccc5c4sc4ccccc45)n3)cc21. The quantitative estimate of drug-likeness (QED) is 0.177. The van der Waals surface area contributed by atoms with Gasteiger partial charge in [-0.15, -0.1) is 11.3 Å². The molecule has 9 aromatic carbocycles. The van der Waals surface area contributed by atoms with E-state index >= 15 is 0 Å². The largest absolute Gasteiger partial charge is 0.256 e. The summed E-state index contributed by atoms with van der Waals surface area (Å²) in [4.78, 5) is 20.7. The zero-order valence-electron chi connectivity index (χ0n) is 34.3. The molecule has 0 atom stereocenters. The van der Waals surface area contributed by atoms with Crippen LogP contribution in [-0.2, 0) is 5.41 Å². The van der Waals surface area contributed by atoms with Crippen molar-refractivity contribution in [2.24, 2.45) is 0 Å². The molecule has 296 valence electrons. The van der Waals surface area contributed by atoms with Gasteiger partial charge in [0.2, 0.25) is 0 Å². The average Bonchev–Trinajstić information content (AvgIpc) is 4.00. The summed E-state index contributed by atoms with van der Waals surface area (Å²) in [5.74, 6) is 1.94. The van der Waals surface area contributed by atoms with Crippen molar-refractivity contribution >= 4 is 53.2 Å². The highest BCUT2D eigenvalue weighted by Gasteiger charge is 2.51. The average molecular weight is 831 g/mol. The number of rotatable bonds is 4. The Morgan fingerprint density at radius 2 is 0.891 bits per heavy atom. The van der Waals surface area contributed by atoms with Crippen molar-refractivity contribution in [1.29, 1.82) is 0 Å². The summed E-state index contributed by atoms with van der Waals surface area (Å²) in [7, 11) is 0. The molecule has 0 fully saturated rings. The fourth-order valence-electron chi connectivity index (χ4n) is 10.7. The van der Waals surface area contributed by atoms with Gasteiger partial charge in [0.1, 0.15) is 0 Å². The highest BCUT2D eigenvalue weighted by Crippen LogP contribution is 2.63. The van der Waals surface area contributed by atoms with Gasteiger partial charge in [-0.1, -0.05) is 152 Å². The van der Waals surface area contributed by atoms with E-state index in [1.807, 2.05) is 12.3 Å². The van der Waals surface area contributed by atoms with E-state index in [9.17, 15) is 0 Å². The highest BCUT2D eigenvalue weighted by atomic mass is 32.1. The van der Waals surface area contributed by atoms with Gasteiger partial charge in [-0.25, -0.2) is 15.0 Å². The van der Waals surface area contributed by atoms with Crippen molar-refractivity contribution in [3.63, 3.8) is 0 Å². The predicted octanol–water partition coefficient (Wildman–Crippen LogP) is 15.0. The second-order valence-corrected chi connectivity index (χ2v) is 18.0. The molecular weight excluding hydrogens is 797 g/mol. The number of fused-ring (bicyclic) bond motifs is 15. The number of aromatic nitrogens is 4. The summed E-state index contributed by atoms with van der Waals surface area (Å²) in [6.45, 7) is 0. The minimum atomic E-state index is -0.478. The van der Waals surface area contributed by atoms with E-state index in [0.29, 0.717) is 17.5 Å². The van der Waals surface area contributed by atoms with E-state index in [0.717, 1.165) is 49.5 Å². The van der Waals surface area contributed by atoms with E-state index in [1.165, 1.54) is 64.7 Å². The van der Waals surface area contributed by atoms with Crippen LogP contribution in [0.15, 0.2) is 206 Å². The molecule has 5 heteroatoms. The number of benzene rings is 9. The molecule has 0 radical (unpaired) electrons. The molecule has 0 amide bonds. The van der Waals surface area contributed by atoms with Crippen LogP contribution in [0, 0.1) is 0 Å². The molecule has 4 nitrogen and oxygen atoms in total. The molecule has 3 aromatic heterocycles. The van der Waals surface area contributed by atoms with Crippen LogP contribution in [0.25, 0.3) is 109 Å². The molecule has 0 aliphatic heterocycles. The summed E-state index contributed by atoms with van der Waals surface area (Å²) in [6.07, 6.45) is 1.84. The molecule has 12 aromatic rings. The Labute approximate surface area is 372 Å². The standard InChI is InChI=1S/C59H34N4S/c1-5-18-49-42(12-1)43-13-2-6-19-50(43)59(49)51-20-7-3-14-44(51)45-28-26-40(34-52(45)59)57-61-56(62-58(63-57)48-17-9-16-47-46-15-4-8-21-54(46)64-55(47)48)39-25-23-35-22-24-36(32-41(35)33-39)37-27-29-53-38(31-37)11-10-30-60-53/h1-34H. The first-order chi connectivity index (χ1) is 31.7. The van der Waals surface area contributed by atoms with Gasteiger partial charge in [0.25, 0.3) is 0 Å². The number of hydrogen-bond acceptors (Lipinski definition) is 5. The van der Waals surface area contributed by atoms with Gasteiger partial charge in [-0.3, -0.25) is 4.98 Å². The van der Waals surface area contributed by atoms with Gasteiger partial charge >= 0.3 is 0 Å². The van der Waals surface area contributed by atoms with Crippen LogP contribution in [-0.4, -0.2) is 19.9 Å². The topological polar surface area (TPSA) is 51.6 Å². The monoisotopic (exact) mass is 830 g/mol. The van der Waals surface area contributed by atoms with E-state index in [4.69, 9.17) is 15.0 Å². The molecule has 0 unspecified atom stereocenters. The summed E-state index contributed by atoms with van der Waals surface area (Å²) in [5.41, 5.74) is 15.9. The van der Waals surface area contributed by atoms with Crippen molar-refractivity contribution in [2.75, 3.05) is 0 Å². The van der Waals surface area contributed by atoms with Crippen LogP contribution in [0.5, 0.6) is 0 Å². The lowest BCUT2D eigenvalue weighted by Crippen LogP contribution is -2.25. The molecule has 64 heavy (non-hydrogen) atoms. The molecule has 0 N–H and O–H groups in total. The number of hydrogen-bond donors (Lipinski definition) is 0. The fraction of sp³-hybridized carbons (Fsp3) is 0.0169. The molecule has 2 aliphatic carbocycles. The van der Waals surface area contributed by atoms with Gasteiger partial charge in [0.05, 0.1) is 10.9 Å². The van der Waals surface area contributed by atoms with Gasteiger partial charge < -0.3 is 0 Å². The Kier molecular flexibility index (Phi) is 7.45. The molecule has 2 aliphatic rings. The van der Waals surface area contributed by atoms with Crippen LogP contribution < -0.4 is 0 Å². The van der Waals surface area contributed by atoms with Gasteiger partial charge in [0, 0.05) is 48.4 Å². The summed E-state index contributed by atoms with van der Waals surface area (Å²) >= 11 is 1.79. The van der Waals surface area contributed by atoms with Crippen molar-refractivity contribution in [3.05, 3.63) is 229 Å². The van der Waals surface area contributed by atoms with Crippen LogP contribution >= 0.6 is 11.3 Å². The first-order valence-electron chi connectivity index (χ1n) is 21.7. The zero-order valence-corrected chi connectivity index (χ0v) is 35.1. The number of pyridine rings is 1. The molecule has 14 rings (SSSR count). The predicted molar refractivity (Wildman–Crippen MR) is 264 cm³/mol. The Morgan fingerprint density at radius 3 is 1.64 bits per heavy atom.